The van der Waals surface area contributed by atoms with Gasteiger partial charge in [0.15, 0.2) is 0 Å². The number of nitrogens with zero attached hydrogens (tertiary/aromatic N) is 2. The molecule has 112 valence electrons. The molecule has 0 aromatic heterocycles. The lowest BCUT2D eigenvalue weighted by Gasteiger charge is -2.26. The SMILES string of the molecule is CCCCC(CC)C(=O)N(CCN(C)C)CC(=O)O. The van der Waals surface area contributed by atoms with E-state index in [1.54, 1.807) is 0 Å². The van der Waals surface area contributed by atoms with E-state index in [9.17, 15) is 9.59 Å². The van der Waals surface area contributed by atoms with Gasteiger partial charge in [0, 0.05) is 19.0 Å². The smallest absolute Gasteiger partial charge is 0.323 e. The number of carbonyl (C=O) groups excluding carboxylic acids is 1. The number of carboxylic acid groups (broad SMARTS) is 1. The standard InChI is InChI=1S/C14H28N2O3/c1-5-7-8-12(6-2)14(19)16(11-13(17)18)10-9-15(3)4/h12H,5-11H2,1-4H3,(H,17,18). The van der Waals surface area contributed by atoms with Crippen LogP contribution in [-0.2, 0) is 9.59 Å². The van der Waals surface area contributed by atoms with Crippen LogP contribution < -0.4 is 0 Å². The third kappa shape index (κ3) is 7.82. The van der Waals surface area contributed by atoms with Crippen LogP contribution in [0.2, 0.25) is 0 Å². The zero-order chi connectivity index (χ0) is 14.8. The highest BCUT2D eigenvalue weighted by atomic mass is 16.4. The summed E-state index contributed by atoms with van der Waals surface area (Å²) >= 11 is 0. The van der Waals surface area contributed by atoms with Gasteiger partial charge in [-0.2, -0.15) is 0 Å². The number of amides is 1. The monoisotopic (exact) mass is 272 g/mol. The van der Waals surface area contributed by atoms with Crippen LogP contribution in [0.3, 0.4) is 0 Å². The minimum Gasteiger partial charge on any atom is -0.480 e. The quantitative estimate of drug-likeness (QED) is 0.657. The van der Waals surface area contributed by atoms with Gasteiger partial charge in [0.25, 0.3) is 0 Å². The maximum absolute atomic E-state index is 12.4. The van der Waals surface area contributed by atoms with Crippen LogP contribution in [0.25, 0.3) is 0 Å². The molecule has 0 aromatic rings. The van der Waals surface area contributed by atoms with Crippen molar-refractivity contribution in [2.45, 2.75) is 39.5 Å². The predicted octanol–water partition coefficient (Wildman–Crippen LogP) is 1.68. The maximum atomic E-state index is 12.4. The summed E-state index contributed by atoms with van der Waals surface area (Å²) in [7, 11) is 3.83. The summed E-state index contributed by atoms with van der Waals surface area (Å²) in [5.74, 6) is -1.00. The van der Waals surface area contributed by atoms with Gasteiger partial charge >= 0.3 is 5.97 Å². The molecular formula is C14H28N2O3. The van der Waals surface area contributed by atoms with Gasteiger partial charge in [-0.1, -0.05) is 26.7 Å². The van der Waals surface area contributed by atoms with Gasteiger partial charge < -0.3 is 14.9 Å². The van der Waals surface area contributed by atoms with Gasteiger partial charge in [-0.15, -0.1) is 0 Å². The zero-order valence-corrected chi connectivity index (χ0v) is 12.7. The molecule has 0 fully saturated rings. The number of carboxylic acids is 1. The van der Waals surface area contributed by atoms with Gasteiger partial charge in [0.2, 0.25) is 5.91 Å². The van der Waals surface area contributed by atoms with E-state index >= 15 is 0 Å². The van der Waals surface area contributed by atoms with Crippen LogP contribution in [0.15, 0.2) is 0 Å². The third-order valence-corrected chi connectivity index (χ3v) is 3.20. The molecule has 0 radical (unpaired) electrons. The van der Waals surface area contributed by atoms with E-state index in [1.807, 2.05) is 25.9 Å². The molecule has 0 aliphatic rings. The first-order chi connectivity index (χ1) is 8.92. The molecule has 0 aliphatic heterocycles. The van der Waals surface area contributed by atoms with Gasteiger partial charge in [-0.3, -0.25) is 9.59 Å². The summed E-state index contributed by atoms with van der Waals surface area (Å²) in [6.07, 6.45) is 3.69. The van der Waals surface area contributed by atoms with E-state index in [2.05, 4.69) is 6.92 Å². The fourth-order valence-corrected chi connectivity index (χ4v) is 1.96. The van der Waals surface area contributed by atoms with Crippen molar-refractivity contribution >= 4 is 11.9 Å². The van der Waals surface area contributed by atoms with Crippen molar-refractivity contribution in [2.24, 2.45) is 5.92 Å². The number of aliphatic carboxylic acids is 1. The first-order valence-corrected chi connectivity index (χ1v) is 7.07. The molecule has 0 aromatic carbocycles. The highest BCUT2D eigenvalue weighted by molar-refractivity contribution is 5.83. The third-order valence-electron chi connectivity index (χ3n) is 3.20. The van der Waals surface area contributed by atoms with Crippen molar-refractivity contribution in [3.8, 4) is 0 Å². The lowest BCUT2D eigenvalue weighted by atomic mass is 9.97. The Morgan fingerprint density at radius 2 is 1.79 bits per heavy atom. The Balaban J connectivity index is 4.60. The fourth-order valence-electron chi connectivity index (χ4n) is 1.96. The van der Waals surface area contributed by atoms with E-state index in [-0.39, 0.29) is 18.4 Å². The predicted molar refractivity (Wildman–Crippen MR) is 76.1 cm³/mol. The summed E-state index contributed by atoms with van der Waals surface area (Å²) in [6, 6.07) is 0. The average molecular weight is 272 g/mol. The lowest BCUT2D eigenvalue weighted by Crippen LogP contribution is -2.43. The topological polar surface area (TPSA) is 60.9 Å². The maximum Gasteiger partial charge on any atom is 0.323 e. The molecule has 1 atom stereocenters. The average Bonchev–Trinajstić information content (AvgIpc) is 2.34. The Labute approximate surface area is 116 Å². The lowest BCUT2D eigenvalue weighted by molar-refractivity contribution is -0.146. The number of hydrogen-bond donors (Lipinski definition) is 1. The number of rotatable bonds is 10. The molecular weight excluding hydrogens is 244 g/mol. The first-order valence-electron chi connectivity index (χ1n) is 7.07. The fraction of sp³-hybridized carbons (Fsp3) is 0.857. The first kappa shape index (κ1) is 17.9. The molecule has 19 heavy (non-hydrogen) atoms. The molecule has 0 bridgehead atoms. The Bertz CT molecular complexity index is 280. The second-order valence-corrected chi connectivity index (χ2v) is 5.20. The van der Waals surface area contributed by atoms with Crippen LogP contribution in [0, 0.1) is 5.92 Å². The largest absolute Gasteiger partial charge is 0.480 e. The molecule has 0 rings (SSSR count). The van der Waals surface area contributed by atoms with Crippen molar-refractivity contribution in [3.63, 3.8) is 0 Å². The van der Waals surface area contributed by atoms with E-state index in [0.717, 1.165) is 25.7 Å². The molecule has 5 nitrogen and oxygen atoms in total. The van der Waals surface area contributed by atoms with Crippen molar-refractivity contribution in [1.29, 1.82) is 0 Å². The van der Waals surface area contributed by atoms with Gasteiger partial charge in [0.1, 0.15) is 6.54 Å². The zero-order valence-electron chi connectivity index (χ0n) is 12.7. The van der Waals surface area contributed by atoms with Gasteiger partial charge in [-0.05, 0) is 26.9 Å². The van der Waals surface area contributed by atoms with Crippen molar-refractivity contribution in [1.82, 2.24) is 9.80 Å². The Kier molecular flexibility index (Phi) is 9.21. The Morgan fingerprint density at radius 1 is 1.16 bits per heavy atom. The van der Waals surface area contributed by atoms with E-state index in [1.165, 1.54) is 4.90 Å². The molecule has 0 spiro atoms. The molecule has 1 amide bonds. The van der Waals surface area contributed by atoms with Crippen molar-refractivity contribution in [3.05, 3.63) is 0 Å². The van der Waals surface area contributed by atoms with Gasteiger partial charge in [-0.25, -0.2) is 0 Å². The number of unbranched alkanes of at least 4 members (excludes halogenated alkanes) is 1. The molecule has 0 saturated carbocycles. The molecule has 0 heterocycles. The van der Waals surface area contributed by atoms with E-state index in [0.29, 0.717) is 13.1 Å². The van der Waals surface area contributed by atoms with Crippen LogP contribution >= 0.6 is 0 Å². The normalized spacial score (nSPS) is 12.5. The summed E-state index contributed by atoms with van der Waals surface area (Å²) in [5.41, 5.74) is 0. The van der Waals surface area contributed by atoms with Gasteiger partial charge in [0.05, 0.1) is 0 Å². The Morgan fingerprint density at radius 3 is 2.21 bits per heavy atom. The number of hydrogen-bond acceptors (Lipinski definition) is 3. The highest BCUT2D eigenvalue weighted by Crippen LogP contribution is 2.15. The van der Waals surface area contributed by atoms with Crippen LogP contribution in [0.5, 0.6) is 0 Å². The summed E-state index contributed by atoms with van der Waals surface area (Å²) < 4.78 is 0. The minimum atomic E-state index is -0.947. The highest BCUT2D eigenvalue weighted by Gasteiger charge is 2.23. The molecule has 1 N–H and O–H groups in total. The molecule has 1 unspecified atom stereocenters. The van der Waals surface area contributed by atoms with Crippen LogP contribution in [0.1, 0.15) is 39.5 Å². The molecule has 0 saturated heterocycles. The van der Waals surface area contributed by atoms with Crippen LogP contribution in [0.4, 0.5) is 0 Å². The van der Waals surface area contributed by atoms with Crippen molar-refractivity contribution < 1.29 is 14.7 Å². The second-order valence-electron chi connectivity index (χ2n) is 5.20. The Hall–Kier alpha value is -1.10. The van der Waals surface area contributed by atoms with Crippen molar-refractivity contribution in [2.75, 3.05) is 33.7 Å². The molecule has 5 heteroatoms. The molecule has 0 aliphatic carbocycles. The minimum absolute atomic E-state index is 0.0137. The van der Waals surface area contributed by atoms with Crippen LogP contribution in [-0.4, -0.2) is 60.5 Å². The summed E-state index contributed by atoms with van der Waals surface area (Å²) in [5, 5.41) is 8.92. The summed E-state index contributed by atoms with van der Waals surface area (Å²) in [4.78, 5) is 26.7. The number of carbonyl (C=O) groups is 2. The summed E-state index contributed by atoms with van der Waals surface area (Å²) in [6.45, 7) is 5.04. The van der Waals surface area contributed by atoms with E-state index < -0.39 is 5.97 Å². The second kappa shape index (κ2) is 9.78. The van der Waals surface area contributed by atoms with E-state index in [4.69, 9.17) is 5.11 Å². The number of likely N-dealkylation sites (N-methyl/N-ethyl adjacent to an activating group) is 1.